The second-order valence-corrected chi connectivity index (χ2v) is 8.31. The highest BCUT2D eigenvalue weighted by Crippen LogP contribution is 2.44. The predicted octanol–water partition coefficient (Wildman–Crippen LogP) is 4.07. The normalized spacial score (nSPS) is 13.8. The van der Waals surface area contributed by atoms with Crippen LogP contribution in [0.1, 0.15) is 63.7 Å². The van der Waals surface area contributed by atoms with E-state index in [4.69, 9.17) is 11.5 Å². The summed E-state index contributed by atoms with van der Waals surface area (Å²) in [6.45, 7) is 0. The molecule has 4 aromatic rings. The lowest BCUT2D eigenvalue weighted by Gasteiger charge is -2.26. The summed E-state index contributed by atoms with van der Waals surface area (Å²) in [5, 5.41) is 0. The molecule has 162 valence electrons. The van der Waals surface area contributed by atoms with Crippen molar-refractivity contribution >= 4 is 34.5 Å². The first-order chi connectivity index (χ1) is 16.4. The van der Waals surface area contributed by atoms with E-state index in [1.54, 1.807) is 48.5 Å². The number of nitrogen functional groups attached to an aromatic ring is 2. The van der Waals surface area contributed by atoms with Crippen LogP contribution in [0, 0.1) is 0 Å². The minimum Gasteiger partial charge on any atom is -0.398 e. The summed E-state index contributed by atoms with van der Waals surface area (Å²) < 4.78 is 0. The van der Waals surface area contributed by atoms with Gasteiger partial charge in [-0.15, -0.1) is 0 Å². The molecule has 0 saturated carbocycles. The molecule has 2 aliphatic carbocycles. The number of hydrogen-bond donors (Lipinski definition) is 2. The van der Waals surface area contributed by atoms with Crippen molar-refractivity contribution < 1.29 is 19.2 Å². The minimum atomic E-state index is -0.389. The zero-order valence-electron chi connectivity index (χ0n) is 17.7. The quantitative estimate of drug-likeness (QED) is 0.369. The van der Waals surface area contributed by atoms with Gasteiger partial charge in [0.05, 0.1) is 0 Å². The van der Waals surface area contributed by atoms with E-state index in [1.807, 2.05) is 0 Å². The first-order valence-corrected chi connectivity index (χ1v) is 10.6. The third-order valence-electron chi connectivity index (χ3n) is 6.50. The molecule has 2 aliphatic rings. The Morgan fingerprint density at radius 1 is 0.353 bits per heavy atom. The van der Waals surface area contributed by atoms with Crippen LogP contribution in [0.3, 0.4) is 0 Å². The summed E-state index contributed by atoms with van der Waals surface area (Å²) in [6, 6.07) is 19.2. The molecule has 4 N–H and O–H groups in total. The number of carbonyl (C=O) groups excluding carboxylic acids is 4. The van der Waals surface area contributed by atoms with E-state index < -0.39 is 0 Å². The van der Waals surface area contributed by atoms with Crippen molar-refractivity contribution in [3.05, 3.63) is 117 Å². The van der Waals surface area contributed by atoms with E-state index in [2.05, 4.69) is 0 Å². The van der Waals surface area contributed by atoms with E-state index in [9.17, 15) is 19.2 Å². The predicted molar refractivity (Wildman–Crippen MR) is 127 cm³/mol. The summed E-state index contributed by atoms with van der Waals surface area (Å²) in [4.78, 5) is 53.8. The topological polar surface area (TPSA) is 120 Å². The number of fused-ring (bicyclic) bond motifs is 4. The Hall–Kier alpha value is -4.84. The fourth-order valence-electron chi connectivity index (χ4n) is 4.94. The SMILES string of the molecule is Nc1ccc2c(c1-c1c(N)ccc3c1C(=O)c1ccccc1C3=O)C(=O)c1ccccc1C2=O. The fraction of sp³-hybridized carbons (Fsp3) is 0. The lowest BCUT2D eigenvalue weighted by molar-refractivity contribution is 0.0978. The van der Waals surface area contributed by atoms with E-state index in [0.29, 0.717) is 11.1 Å². The maximum absolute atomic E-state index is 13.6. The van der Waals surface area contributed by atoms with Crippen molar-refractivity contribution in [1.29, 1.82) is 0 Å². The molecule has 6 rings (SSSR count). The van der Waals surface area contributed by atoms with Crippen LogP contribution in [0.4, 0.5) is 11.4 Å². The fourth-order valence-corrected chi connectivity index (χ4v) is 4.94. The molecule has 0 amide bonds. The average Bonchev–Trinajstić information content (AvgIpc) is 2.86. The molecule has 0 bridgehead atoms. The summed E-state index contributed by atoms with van der Waals surface area (Å²) in [6.07, 6.45) is 0. The monoisotopic (exact) mass is 444 g/mol. The van der Waals surface area contributed by atoms with E-state index >= 15 is 0 Å². The van der Waals surface area contributed by atoms with Gasteiger partial charge in [0.1, 0.15) is 0 Å². The highest BCUT2D eigenvalue weighted by Gasteiger charge is 2.37. The number of ketones is 4. The van der Waals surface area contributed by atoms with Crippen LogP contribution in [0.5, 0.6) is 0 Å². The van der Waals surface area contributed by atoms with Crippen molar-refractivity contribution in [2.24, 2.45) is 0 Å². The van der Waals surface area contributed by atoms with Crippen molar-refractivity contribution in [2.75, 3.05) is 11.5 Å². The third kappa shape index (κ3) is 2.45. The van der Waals surface area contributed by atoms with Gasteiger partial charge >= 0.3 is 0 Å². The summed E-state index contributed by atoms with van der Waals surface area (Å²) in [7, 11) is 0. The van der Waals surface area contributed by atoms with Crippen LogP contribution >= 0.6 is 0 Å². The van der Waals surface area contributed by atoms with Crippen molar-refractivity contribution in [1.82, 2.24) is 0 Å². The zero-order chi connectivity index (χ0) is 23.7. The van der Waals surface area contributed by atoms with Crippen LogP contribution in [-0.2, 0) is 0 Å². The van der Waals surface area contributed by atoms with Crippen LogP contribution in [0.15, 0.2) is 72.8 Å². The Labute approximate surface area is 193 Å². The van der Waals surface area contributed by atoms with Gasteiger partial charge in [-0.1, -0.05) is 48.5 Å². The molecule has 0 saturated heterocycles. The highest BCUT2D eigenvalue weighted by molar-refractivity contribution is 6.34. The number of benzene rings is 4. The second kappa shape index (κ2) is 6.83. The number of carbonyl (C=O) groups is 4. The van der Waals surface area contributed by atoms with Gasteiger partial charge in [-0.25, -0.2) is 0 Å². The molecule has 0 aromatic heterocycles. The Kier molecular flexibility index (Phi) is 3.98. The van der Waals surface area contributed by atoms with Crippen LogP contribution in [0.25, 0.3) is 11.1 Å². The molecule has 6 nitrogen and oxygen atoms in total. The second-order valence-electron chi connectivity index (χ2n) is 8.31. The number of anilines is 2. The minimum absolute atomic E-state index is 0.0860. The molecule has 0 atom stereocenters. The molecule has 0 fully saturated rings. The van der Waals surface area contributed by atoms with Gasteiger partial charge in [-0.05, 0) is 24.3 Å². The van der Waals surface area contributed by atoms with Crippen LogP contribution in [0.2, 0.25) is 0 Å². The molecule has 0 heterocycles. The summed E-state index contributed by atoms with van der Waals surface area (Å²) in [5.74, 6) is -1.41. The average molecular weight is 444 g/mol. The maximum Gasteiger partial charge on any atom is 0.195 e. The van der Waals surface area contributed by atoms with Crippen molar-refractivity contribution in [3.8, 4) is 11.1 Å². The molecular formula is C28H16N2O4. The lowest BCUT2D eigenvalue weighted by Crippen LogP contribution is -2.25. The van der Waals surface area contributed by atoms with Crippen LogP contribution < -0.4 is 11.5 Å². The molecule has 34 heavy (non-hydrogen) atoms. The first-order valence-electron chi connectivity index (χ1n) is 10.6. The largest absolute Gasteiger partial charge is 0.398 e. The maximum atomic E-state index is 13.6. The Morgan fingerprint density at radius 2 is 0.676 bits per heavy atom. The molecule has 0 unspecified atom stereocenters. The lowest BCUT2D eigenvalue weighted by atomic mass is 9.75. The Morgan fingerprint density at radius 3 is 1.03 bits per heavy atom. The molecule has 4 aromatic carbocycles. The highest BCUT2D eigenvalue weighted by atomic mass is 16.1. The Bertz CT molecular complexity index is 1530. The molecule has 6 heteroatoms. The van der Waals surface area contributed by atoms with E-state index in [0.717, 1.165) is 0 Å². The van der Waals surface area contributed by atoms with Gasteiger partial charge < -0.3 is 11.5 Å². The number of nitrogens with two attached hydrogens (primary N) is 2. The summed E-state index contributed by atoms with van der Waals surface area (Å²) in [5.41, 5.74) is 15.1. The molecule has 0 radical (unpaired) electrons. The summed E-state index contributed by atoms with van der Waals surface area (Å²) >= 11 is 0. The smallest absolute Gasteiger partial charge is 0.195 e. The van der Waals surface area contributed by atoms with Gasteiger partial charge in [0.2, 0.25) is 0 Å². The van der Waals surface area contributed by atoms with Crippen LogP contribution in [-0.4, -0.2) is 23.1 Å². The number of rotatable bonds is 1. The first kappa shape index (κ1) is 19.8. The molecule has 0 aliphatic heterocycles. The van der Waals surface area contributed by atoms with E-state index in [1.165, 1.54) is 24.3 Å². The van der Waals surface area contributed by atoms with E-state index in [-0.39, 0.29) is 79.0 Å². The Balaban J connectivity index is 1.71. The van der Waals surface area contributed by atoms with Gasteiger partial charge in [0.25, 0.3) is 0 Å². The van der Waals surface area contributed by atoms with Gasteiger partial charge in [0, 0.05) is 67.0 Å². The van der Waals surface area contributed by atoms with Crippen molar-refractivity contribution in [3.63, 3.8) is 0 Å². The van der Waals surface area contributed by atoms with Gasteiger partial charge in [-0.2, -0.15) is 0 Å². The number of hydrogen-bond acceptors (Lipinski definition) is 6. The standard InChI is InChI=1S/C28H16N2O4/c29-19-11-9-17-21(27(33)15-7-3-1-5-13(15)25(17)31)23(19)24-20(30)12-10-18-22(24)28(34)16-8-4-2-6-14(16)26(18)32/h1-12H,29-30H2. The molecule has 0 spiro atoms. The van der Waals surface area contributed by atoms with Gasteiger partial charge in [-0.3, -0.25) is 19.2 Å². The third-order valence-corrected chi connectivity index (χ3v) is 6.50. The van der Waals surface area contributed by atoms with Gasteiger partial charge in [0.15, 0.2) is 23.1 Å². The zero-order valence-corrected chi connectivity index (χ0v) is 17.7. The molecular weight excluding hydrogens is 428 g/mol. The van der Waals surface area contributed by atoms with Crippen molar-refractivity contribution in [2.45, 2.75) is 0 Å².